The smallest absolute Gasteiger partial charge is 0.221 e. The molecule has 1 aliphatic rings. The number of nitrogens with one attached hydrogen (secondary N) is 1. The Kier molecular flexibility index (Phi) is 6.05. The Hall–Kier alpha value is -0.650. The van der Waals surface area contributed by atoms with Gasteiger partial charge in [0.1, 0.15) is 0 Å². The Bertz CT molecular complexity index is 260. The Balaban J connectivity index is 2.57. The Morgan fingerprint density at radius 1 is 1.39 bits per heavy atom. The molecular weight excluding hydrogens is 228 g/mol. The number of amides is 1. The number of piperazine rings is 1. The van der Waals surface area contributed by atoms with Gasteiger partial charge in [-0.15, -0.1) is 0 Å². The Morgan fingerprint density at radius 3 is 2.39 bits per heavy atom. The first kappa shape index (κ1) is 15.4. The third-order valence-corrected chi connectivity index (χ3v) is 3.97. The molecule has 3 atom stereocenters. The predicted molar refractivity (Wildman–Crippen MR) is 74.4 cm³/mol. The SMILES string of the molecule is CCNC(=O)CC(CN)N1CC(C)N(C)C(C)C1. The molecule has 1 aliphatic heterocycles. The molecule has 3 N–H and O–H groups in total. The summed E-state index contributed by atoms with van der Waals surface area (Å²) in [6.07, 6.45) is 0.507. The second kappa shape index (κ2) is 7.07. The van der Waals surface area contributed by atoms with Gasteiger partial charge in [0.05, 0.1) is 0 Å². The molecule has 5 heteroatoms. The summed E-state index contributed by atoms with van der Waals surface area (Å²) in [6.45, 7) is 9.59. The number of nitrogens with zero attached hydrogens (tertiary/aromatic N) is 2. The maximum Gasteiger partial charge on any atom is 0.221 e. The van der Waals surface area contributed by atoms with Gasteiger partial charge in [0.2, 0.25) is 5.91 Å². The van der Waals surface area contributed by atoms with E-state index in [-0.39, 0.29) is 11.9 Å². The van der Waals surface area contributed by atoms with Crippen LogP contribution in [0.5, 0.6) is 0 Å². The molecule has 0 spiro atoms. The van der Waals surface area contributed by atoms with Gasteiger partial charge in [-0.2, -0.15) is 0 Å². The van der Waals surface area contributed by atoms with Crippen LogP contribution in [0.15, 0.2) is 0 Å². The third-order valence-electron chi connectivity index (χ3n) is 3.97. The molecule has 18 heavy (non-hydrogen) atoms. The first-order chi connectivity index (χ1) is 8.49. The summed E-state index contributed by atoms with van der Waals surface area (Å²) in [6, 6.07) is 1.18. The monoisotopic (exact) mass is 256 g/mol. The van der Waals surface area contributed by atoms with Crippen molar-refractivity contribution in [1.82, 2.24) is 15.1 Å². The molecule has 0 aromatic carbocycles. The van der Waals surface area contributed by atoms with E-state index in [1.54, 1.807) is 0 Å². The van der Waals surface area contributed by atoms with Gasteiger partial charge in [0, 0.05) is 50.7 Å². The molecule has 0 aromatic rings. The van der Waals surface area contributed by atoms with E-state index in [0.29, 0.717) is 31.6 Å². The van der Waals surface area contributed by atoms with Crippen molar-refractivity contribution in [1.29, 1.82) is 0 Å². The summed E-state index contributed by atoms with van der Waals surface area (Å²) in [5, 5.41) is 2.85. The largest absolute Gasteiger partial charge is 0.356 e. The lowest BCUT2D eigenvalue weighted by atomic mass is 10.0. The highest BCUT2D eigenvalue weighted by Crippen LogP contribution is 2.16. The van der Waals surface area contributed by atoms with Crippen molar-refractivity contribution < 1.29 is 4.79 Å². The molecular formula is C13H28N4O. The number of likely N-dealkylation sites (N-methyl/N-ethyl adjacent to an activating group) is 1. The van der Waals surface area contributed by atoms with Gasteiger partial charge in [-0.3, -0.25) is 14.6 Å². The van der Waals surface area contributed by atoms with E-state index < -0.39 is 0 Å². The summed E-state index contributed by atoms with van der Waals surface area (Å²) in [7, 11) is 2.16. The fourth-order valence-electron chi connectivity index (χ4n) is 2.59. The number of hydrogen-bond acceptors (Lipinski definition) is 4. The lowest BCUT2D eigenvalue weighted by Gasteiger charge is -2.45. The highest BCUT2D eigenvalue weighted by molar-refractivity contribution is 5.76. The second-order valence-corrected chi connectivity index (χ2v) is 5.36. The topological polar surface area (TPSA) is 61.6 Å². The molecule has 106 valence electrons. The first-order valence-electron chi connectivity index (χ1n) is 6.92. The summed E-state index contributed by atoms with van der Waals surface area (Å²) in [5.74, 6) is 0.104. The van der Waals surface area contributed by atoms with Crippen molar-refractivity contribution in [3.8, 4) is 0 Å². The van der Waals surface area contributed by atoms with Crippen molar-refractivity contribution in [2.45, 2.75) is 45.3 Å². The van der Waals surface area contributed by atoms with E-state index in [1.807, 2.05) is 6.92 Å². The van der Waals surface area contributed by atoms with Gasteiger partial charge in [-0.1, -0.05) is 0 Å². The molecule has 0 radical (unpaired) electrons. The lowest BCUT2D eigenvalue weighted by molar-refractivity contribution is -0.122. The minimum Gasteiger partial charge on any atom is -0.356 e. The van der Waals surface area contributed by atoms with Crippen LogP contribution in [0.3, 0.4) is 0 Å². The van der Waals surface area contributed by atoms with Crippen molar-refractivity contribution in [2.75, 3.05) is 33.2 Å². The Morgan fingerprint density at radius 2 is 1.94 bits per heavy atom. The zero-order valence-electron chi connectivity index (χ0n) is 12.1. The zero-order valence-corrected chi connectivity index (χ0v) is 12.1. The number of carbonyl (C=O) groups excluding carboxylic acids is 1. The van der Waals surface area contributed by atoms with Crippen molar-refractivity contribution in [2.24, 2.45) is 5.73 Å². The maximum absolute atomic E-state index is 11.7. The van der Waals surface area contributed by atoms with E-state index in [9.17, 15) is 4.79 Å². The summed E-state index contributed by atoms with van der Waals surface area (Å²) >= 11 is 0. The standard InChI is InChI=1S/C13H28N4O/c1-5-15-13(18)6-12(7-14)17-8-10(2)16(4)11(3)9-17/h10-12H,5-9,14H2,1-4H3,(H,15,18). The van der Waals surface area contributed by atoms with E-state index in [4.69, 9.17) is 5.73 Å². The van der Waals surface area contributed by atoms with Gasteiger partial charge in [-0.25, -0.2) is 0 Å². The molecule has 0 aliphatic carbocycles. The van der Waals surface area contributed by atoms with Gasteiger partial charge in [-0.05, 0) is 27.8 Å². The minimum atomic E-state index is 0.104. The highest BCUT2D eigenvalue weighted by Gasteiger charge is 2.30. The normalized spacial score (nSPS) is 28.1. The van der Waals surface area contributed by atoms with Gasteiger partial charge < -0.3 is 11.1 Å². The quantitative estimate of drug-likeness (QED) is 0.719. The second-order valence-electron chi connectivity index (χ2n) is 5.36. The van der Waals surface area contributed by atoms with Crippen LogP contribution in [-0.4, -0.2) is 67.1 Å². The molecule has 0 aromatic heterocycles. The highest BCUT2D eigenvalue weighted by atomic mass is 16.1. The molecule has 1 rings (SSSR count). The molecule has 1 heterocycles. The van der Waals surface area contributed by atoms with Crippen molar-refractivity contribution in [3.05, 3.63) is 0 Å². The maximum atomic E-state index is 11.7. The first-order valence-corrected chi connectivity index (χ1v) is 6.92. The number of carbonyl (C=O) groups is 1. The van der Waals surface area contributed by atoms with Gasteiger partial charge >= 0.3 is 0 Å². The van der Waals surface area contributed by atoms with Crippen LogP contribution < -0.4 is 11.1 Å². The molecule has 3 unspecified atom stereocenters. The molecule has 1 fully saturated rings. The summed E-state index contributed by atoms with van der Waals surface area (Å²) < 4.78 is 0. The van der Waals surface area contributed by atoms with E-state index in [2.05, 4.69) is 36.0 Å². The molecule has 5 nitrogen and oxygen atoms in total. The number of rotatable bonds is 5. The van der Waals surface area contributed by atoms with E-state index in [1.165, 1.54) is 0 Å². The predicted octanol–water partition coefficient (Wildman–Crippen LogP) is -0.136. The average molecular weight is 256 g/mol. The van der Waals surface area contributed by atoms with Crippen LogP contribution >= 0.6 is 0 Å². The average Bonchev–Trinajstić information content (AvgIpc) is 2.32. The zero-order chi connectivity index (χ0) is 13.7. The van der Waals surface area contributed by atoms with Crippen LogP contribution in [0, 0.1) is 0 Å². The number of nitrogens with two attached hydrogens (primary N) is 1. The summed E-state index contributed by atoms with van der Waals surface area (Å²) in [4.78, 5) is 16.4. The molecule has 1 amide bonds. The van der Waals surface area contributed by atoms with Gasteiger partial charge in [0.25, 0.3) is 0 Å². The third kappa shape index (κ3) is 3.93. The van der Waals surface area contributed by atoms with Crippen molar-refractivity contribution in [3.63, 3.8) is 0 Å². The van der Waals surface area contributed by atoms with Crippen molar-refractivity contribution >= 4 is 5.91 Å². The van der Waals surface area contributed by atoms with Crippen LogP contribution in [0.1, 0.15) is 27.2 Å². The van der Waals surface area contributed by atoms with Gasteiger partial charge in [0.15, 0.2) is 0 Å². The summed E-state index contributed by atoms with van der Waals surface area (Å²) in [5.41, 5.74) is 5.84. The number of hydrogen-bond donors (Lipinski definition) is 2. The molecule has 1 saturated heterocycles. The molecule has 0 saturated carbocycles. The van der Waals surface area contributed by atoms with Crippen LogP contribution in [0.2, 0.25) is 0 Å². The van der Waals surface area contributed by atoms with Crippen LogP contribution in [-0.2, 0) is 4.79 Å². The fraction of sp³-hybridized carbons (Fsp3) is 0.923. The van der Waals surface area contributed by atoms with E-state index in [0.717, 1.165) is 13.1 Å². The van der Waals surface area contributed by atoms with Crippen LogP contribution in [0.25, 0.3) is 0 Å². The van der Waals surface area contributed by atoms with Crippen LogP contribution in [0.4, 0.5) is 0 Å². The molecule has 0 bridgehead atoms. The Labute approximate surface area is 111 Å². The fourth-order valence-corrected chi connectivity index (χ4v) is 2.59. The minimum absolute atomic E-state index is 0.104. The lowest BCUT2D eigenvalue weighted by Crippen LogP contribution is -2.59. The van der Waals surface area contributed by atoms with E-state index >= 15 is 0 Å².